The summed E-state index contributed by atoms with van der Waals surface area (Å²) in [4.78, 5) is 10.0. The van der Waals surface area contributed by atoms with Gasteiger partial charge in [0.25, 0.3) is 0 Å². The second kappa shape index (κ2) is 9.01. The fourth-order valence-electron chi connectivity index (χ4n) is 5.14. The molecule has 3 nitrogen and oxygen atoms in total. The third-order valence-corrected chi connectivity index (χ3v) is 7.44. The van der Waals surface area contributed by atoms with Crippen molar-refractivity contribution in [2.24, 2.45) is 0 Å². The van der Waals surface area contributed by atoms with Crippen molar-refractivity contribution < 1.29 is 0 Å². The molecule has 2 aliphatic heterocycles. The Morgan fingerprint density at radius 1 is 0.833 bits per heavy atom. The molecule has 0 N–H and O–H groups in total. The average molecular weight is 462 g/mol. The Kier molecular flexibility index (Phi) is 5.98. The van der Waals surface area contributed by atoms with Crippen LogP contribution in [0.2, 0.25) is 0 Å². The molecular weight excluding hydrogens is 434 g/mol. The first-order valence-electron chi connectivity index (χ1n) is 11.0. The molecule has 30 heavy (non-hydrogen) atoms. The summed E-state index contributed by atoms with van der Waals surface area (Å²) in [5, 5.41) is 0. The van der Waals surface area contributed by atoms with Crippen molar-refractivity contribution in [3.8, 4) is 0 Å². The summed E-state index contributed by atoms with van der Waals surface area (Å²) in [5.41, 5.74) is 5.44. The zero-order valence-corrected chi connectivity index (χ0v) is 18.8. The number of rotatable bonds is 4. The summed E-state index contributed by atoms with van der Waals surface area (Å²) in [6.45, 7) is 4.39. The first-order valence-corrected chi connectivity index (χ1v) is 11.8. The monoisotopic (exact) mass is 461 g/mol. The van der Waals surface area contributed by atoms with Gasteiger partial charge in [-0.3, -0.25) is 14.8 Å². The van der Waals surface area contributed by atoms with Crippen molar-refractivity contribution in [1.82, 2.24) is 14.8 Å². The van der Waals surface area contributed by atoms with Crippen LogP contribution in [-0.2, 0) is 13.0 Å². The van der Waals surface area contributed by atoms with Gasteiger partial charge in [-0.2, -0.15) is 0 Å². The van der Waals surface area contributed by atoms with Gasteiger partial charge in [0.15, 0.2) is 0 Å². The van der Waals surface area contributed by atoms with Crippen LogP contribution in [0, 0.1) is 0 Å². The molecular formula is C26H28BrN3. The summed E-state index contributed by atoms with van der Waals surface area (Å²) >= 11 is 3.70. The second-order valence-electron chi connectivity index (χ2n) is 8.43. The molecule has 4 heteroatoms. The van der Waals surface area contributed by atoms with Crippen LogP contribution in [0.4, 0.5) is 0 Å². The minimum Gasteiger partial charge on any atom is -0.294 e. The van der Waals surface area contributed by atoms with Gasteiger partial charge >= 0.3 is 0 Å². The quantitative estimate of drug-likeness (QED) is 0.514. The summed E-state index contributed by atoms with van der Waals surface area (Å²) in [5.74, 6) is 0. The molecule has 0 aliphatic carbocycles. The van der Waals surface area contributed by atoms with Crippen LogP contribution in [0.15, 0.2) is 77.4 Å². The molecule has 1 aromatic heterocycles. The standard InChI is InChI=1S/C26H28BrN3/c27-24-11-15-28-25-19-30(18-14-23(24)25)22-12-16-29(17-13-22)26(20-7-3-1-4-8-20)21-9-5-2-6-10-21/h1-11,15,22,26H,12-14,16-19H2. The van der Waals surface area contributed by atoms with Crippen molar-refractivity contribution in [2.75, 3.05) is 19.6 Å². The van der Waals surface area contributed by atoms with Crippen molar-refractivity contribution in [3.63, 3.8) is 0 Å². The Balaban J connectivity index is 1.30. The van der Waals surface area contributed by atoms with E-state index in [9.17, 15) is 0 Å². The van der Waals surface area contributed by atoms with Gasteiger partial charge in [0.05, 0.1) is 11.7 Å². The Labute approximate surface area is 187 Å². The molecule has 154 valence electrons. The van der Waals surface area contributed by atoms with E-state index in [4.69, 9.17) is 0 Å². The maximum atomic E-state index is 4.67. The molecule has 0 unspecified atom stereocenters. The molecule has 5 rings (SSSR count). The third kappa shape index (κ3) is 4.09. The molecule has 1 saturated heterocycles. The van der Waals surface area contributed by atoms with Gasteiger partial charge in [-0.25, -0.2) is 0 Å². The zero-order valence-electron chi connectivity index (χ0n) is 17.3. The number of halogens is 1. The maximum absolute atomic E-state index is 4.67. The van der Waals surface area contributed by atoms with E-state index in [1.165, 1.54) is 39.7 Å². The number of benzene rings is 2. The minimum atomic E-state index is 0.341. The molecule has 0 amide bonds. The summed E-state index contributed by atoms with van der Waals surface area (Å²) in [6.07, 6.45) is 5.47. The molecule has 3 aromatic rings. The highest BCUT2D eigenvalue weighted by atomic mass is 79.9. The SMILES string of the molecule is Brc1ccnc2c1CCN(C1CCN(C(c3ccccc3)c3ccccc3)CC1)C2. The average Bonchev–Trinajstić information content (AvgIpc) is 2.81. The largest absolute Gasteiger partial charge is 0.294 e. The van der Waals surface area contributed by atoms with Crippen LogP contribution in [0.5, 0.6) is 0 Å². The van der Waals surface area contributed by atoms with E-state index in [0.717, 1.165) is 32.6 Å². The molecule has 1 fully saturated rings. The van der Waals surface area contributed by atoms with Gasteiger partial charge in [0.2, 0.25) is 0 Å². The lowest BCUT2D eigenvalue weighted by molar-refractivity contribution is 0.0831. The molecule has 2 aliphatic rings. The normalized spacial score (nSPS) is 18.5. The molecule has 0 saturated carbocycles. The third-order valence-electron chi connectivity index (χ3n) is 6.70. The van der Waals surface area contributed by atoms with Gasteiger partial charge in [-0.15, -0.1) is 0 Å². The fraction of sp³-hybridized carbons (Fsp3) is 0.346. The van der Waals surface area contributed by atoms with E-state index in [1.807, 2.05) is 6.20 Å². The highest BCUT2D eigenvalue weighted by Gasteiger charge is 2.31. The van der Waals surface area contributed by atoms with E-state index >= 15 is 0 Å². The number of likely N-dealkylation sites (tertiary alicyclic amines) is 1. The van der Waals surface area contributed by atoms with Crippen LogP contribution in [0.3, 0.4) is 0 Å². The number of fused-ring (bicyclic) bond motifs is 1. The lowest BCUT2D eigenvalue weighted by Crippen LogP contribution is -2.47. The summed E-state index contributed by atoms with van der Waals surface area (Å²) in [7, 11) is 0. The summed E-state index contributed by atoms with van der Waals surface area (Å²) < 4.78 is 1.22. The topological polar surface area (TPSA) is 19.4 Å². The van der Waals surface area contributed by atoms with Crippen LogP contribution < -0.4 is 0 Å². The lowest BCUT2D eigenvalue weighted by Gasteiger charge is -2.43. The fourth-order valence-corrected chi connectivity index (χ4v) is 5.69. The number of hydrogen-bond acceptors (Lipinski definition) is 3. The molecule has 0 atom stereocenters. The molecule has 2 aromatic carbocycles. The van der Waals surface area contributed by atoms with E-state index in [2.05, 4.69) is 97.4 Å². The summed E-state index contributed by atoms with van der Waals surface area (Å²) in [6, 6.07) is 25.0. The van der Waals surface area contributed by atoms with Crippen molar-refractivity contribution >= 4 is 15.9 Å². The molecule has 0 bridgehead atoms. The van der Waals surface area contributed by atoms with E-state index in [1.54, 1.807) is 0 Å². The Hall–Kier alpha value is -2.01. The molecule has 3 heterocycles. The highest BCUT2D eigenvalue weighted by Crippen LogP contribution is 2.33. The van der Waals surface area contributed by atoms with Gasteiger partial charge < -0.3 is 0 Å². The highest BCUT2D eigenvalue weighted by molar-refractivity contribution is 9.10. The predicted molar refractivity (Wildman–Crippen MR) is 125 cm³/mol. The number of piperidine rings is 1. The second-order valence-corrected chi connectivity index (χ2v) is 9.28. The van der Waals surface area contributed by atoms with E-state index in [-0.39, 0.29) is 0 Å². The van der Waals surface area contributed by atoms with E-state index < -0.39 is 0 Å². The van der Waals surface area contributed by atoms with Gasteiger partial charge in [-0.05, 0) is 42.0 Å². The number of nitrogens with zero attached hydrogens (tertiary/aromatic N) is 3. The molecule has 0 spiro atoms. The van der Waals surface area contributed by atoms with Crippen molar-refractivity contribution in [1.29, 1.82) is 0 Å². The Morgan fingerprint density at radius 2 is 1.47 bits per heavy atom. The Bertz CT molecular complexity index is 929. The first kappa shape index (κ1) is 19.9. The number of hydrogen-bond donors (Lipinski definition) is 0. The minimum absolute atomic E-state index is 0.341. The number of aromatic nitrogens is 1. The van der Waals surface area contributed by atoms with Crippen molar-refractivity contribution in [3.05, 3.63) is 99.8 Å². The zero-order chi connectivity index (χ0) is 20.3. The van der Waals surface area contributed by atoms with Gasteiger partial charge in [0.1, 0.15) is 0 Å². The van der Waals surface area contributed by atoms with Crippen molar-refractivity contribution in [2.45, 2.75) is 37.9 Å². The first-order chi connectivity index (χ1) is 14.8. The molecule has 0 radical (unpaired) electrons. The maximum Gasteiger partial charge on any atom is 0.0601 e. The predicted octanol–water partition coefficient (Wildman–Crippen LogP) is 5.46. The smallest absolute Gasteiger partial charge is 0.0601 e. The lowest BCUT2D eigenvalue weighted by atomic mass is 9.92. The van der Waals surface area contributed by atoms with Crippen LogP contribution in [0.1, 0.15) is 41.3 Å². The number of pyridine rings is 1. The van der Waals surface area contributed by atoms with Gasteiger partial charge in [-0.1, -0.05) is 76.6 Å². The van der Waals surface area contributed by atoms with Gasteiger partial charge in [0, 0.05) is 42.9 Å². The van der Waals surface area contributed by atoms with Crippen LogP contribution in [0.25, 0.3) is 0 Å². The van der Waals surface area contributed by atoms with E-state index in [0.29, 0.717) is 12.1 Å². The van der Waals surface area contributed by atoms with Crippen LogP contribution in [-0.4, -0.2) is 40.5 Å². The Morgan fingerprint density at radius 3 is 2.10 bits per heavy atom. The van der Waals surface area contributed by atoms with Crippen LogP contribution >= 0.6 is 15.9 Å².